The molecule has 0 saturated carbocycles. The quantitative estimate of drug-likeness (QED) is 0.737. The summed E-state index contributed by atoms with van der Waals surface area (Å²) in [4.78, 5) is 16.0. The van der Waals surface area contributed by atoms with Crippen LogP contribution in [0.1, 0.15) is 17.3 Å². The number of aromatic nitrogens is 2. The van der Waals surface area contributed by atoms with Crippen LogP contribution in [0.15, 0.2) is 48.5 Å². The fraction of sp³-hybridized carbons (Fsp3) is 0.125. The molecule has 1 heterocycles. The van der Waals surface area contributed by atoms with Crippen molar-refractivity contribution in [2.24, 2.45) is 7.05 Å². The number of benzene rings is 2. The second-order valence-electron chi connectivity index (χ2n) is 4.75. The number of nitrogens with one attached hydrogen (secondary N) is 1. The lowest BCUT2D eigenvalue weighted by Gasteiger charge is -2.07. The van der Waals surface area contributed by atoms with Crippen molar-refractivity contribution in [2.75, 3.05) is 5.32 Å². The summed E-state index contributed by atoms with van der Waals surface area (Å²) in [7, 11) is 1.96. The SMILES string of the molecule is CC(=O)c1cccc(Nc2nc3ccccc3n2C)c1. The van der Waals surface area contributed by atoms with Gasteiger partial charge in [0, 0.05) is 18.3 Å². The predicted octanol–water partition coefficient (Wildman–Crippen LogP) is 3.52. The Morgan fingerprint density at radius 2 is 1.95 bits per heavy atom. The fourth-order valence-corrected chi connectivity index (χ4v) is 2.20. The van der Waals surface area contributed by atoms with Crippen molar-refractivity contribution in [2.45, 2.75) is 6.92 Å². The first-order valence-electron chi connectivity index (χ1n) is 6.44. The van der Waals surface area contributed by atoms with E-state index >= 15 is 0 Å². The van der Waals surface area contributed by atoms with Crippen LogP contribution in [0.2, 0.25) is 0 Å². The molecule has 1 aromatic heterocycles. The summed E-state index contributed by atoms with van der Waals surface area (Å²) in [6, 6.07) is 15.4. The van der Waals surface area contributed by atoms with Gasteiger partial charge in [0.2, 0.25) is 5.95 Å². The van der Waals surface area contributed by atoms with Crippen LogP contribution >= 0.6 is 0 Å². The molecule has 20 heavy (non-hydrogen) atoms. The summed E-state index contributed by atoms with van der Waals surface area (Å²) in [5.41, 5.74) is 3.56. The van der Waals surface area contributed by atoms with Crippen molar-refractivity contribution < 1.29 is 4.79 Å². The van der Waals surface area contributed by atoms with E-state index in [9.17, 15) is 4.79 Å². The number of nitrogens with zero attached hydrogens (tertiary/aromatic N) is 2. The number of hydrogen-bond donors (Lipinski definition) is 1. The highest BCUT2D eigenvalue weighted by Crippen LogP contribution is 2.21. The molecule has 0 atom stereocenters. The lowest BCUT2D eigenvalue weighted by molar-refractivity contribution is 0.101. The third kappa shape index (κ3) is 2.16. The maximum Gasteiger partial charge on any atom is 0.208 e. The molecule has 0 amide bonds. The largest absolute Gasteiger partial charge is 0.326 e. The Balaban J connectivity index is 1.99. The third-order valence-electron chi connectivity index (χ3n) is 3.31. The second-order valence-corrected chi connectivity index (χ2v) is 4.75. The van der Waals surface area contributed by atoms with E-state index in [1.807, 2.05) is 60.1 Å². The number of para-hydroxylation sites is 2. The van der Waals surface area contributed by atoms with Crippen LogP contribution in [0.25, 0.3) is 11.0 Å². The van der Waals surface area contributed by atoms with E-state index in [-0.39, 0.29) is 5.78 Å². The van der Waals surface area contributed by atoms with E-state index in [1.54, 1.807) is 6.92 Å². The molecule has 100 valence electrons. The van der Waals surface area contributed by atoms with Crippen molar-refractivity contribution in [1.82, 2.24) is 9.55 Å². The maximum absolute atomic E-state index is 11.4. The summed E-state index contributed by atoms with van der Waals surface area (Å²) >= 11 is 0. The molecule has 0 saturated heterocycles. The molecule has 0 radical (unpaired) electrons. The van der Waals surface area contributed by atoms with Crippen molar-refractivity contribution in [3.8, 4) is 0 Å². The molecule has 3 rings (SSSR count). The van der Waals surface area contributed by atoms with Crippen LogP contribution in [0.4, 0.5) is 11.6 Å². The first-order valence-corrected chi connectivity index (χ1v) is 6.44. The highest BCUT2D eigenvalue weighted by atomic mass is 16.1. The summed E-state index contributed by atoms with van der Waals surface area (Å²) in [5.74, 6) is 0.811. The summed E-state index contributed by atoms with van der Waals surface area (Å²) < 4.78 is 2.00. The van der Waals surface area contributed by atoms with Gasteiger partial charge >= 0.3 is 0 Å². The molecule has 0 unspecified atom stereocenters. The average Bonchev–Trinajstić information content (AvgIpc) is 2.76. The molecule has 0 aliphatic heterocycles. The zero-order valence-corrected chi connectivity index (χ0v) is 11.4. The van der Waals surface area contributed by atoms with E-state index < -0.39 is 0 Å². The molecule has 0 fully saturated rings. The van der Waals surface area contributed by atoms with E-state index in [0.29, 0.717) is 5.56 Å². The maximum atomic E-state index is 11.4. The van der Waals surface area contributed by atoms with Gasteiger partial charge in [-0.1, -0.05) is 24.3 Å². The molecular formula is C16H15N3O. The van der Waals surface area contributed by atoms with Gasteiger partial charge in [0.1, 0.15) is 0 Å². The Kier molecular flexibility index (Phi) is 2.99. The Morgan fingerprint density at radius 3 is 2.70 bits per heavy atom. The highest BCUT2D eigenvalue weighted by molar-refractivity contribution is 5.95. The molecule has 3 aromatic rings. The summed E-state index contributed by atoms with van der Waals surface area (Å²) in [6.07, 6.45) is 0. The molecule has 0 spiro atoms. The normalized spacial score (nSPS) is 10.7. The number of anilines is 2. The van der Waals surface area contributed by atoms with Crippen LogP contribution in [0.3, 0.4) is 0 Å². The minimum atomic E-state index is 0.0543. The topological polar surface area (TPSA) is 46.9 Å². The number of carbonyl (C=O) groups is 1. The number of ketones is 1. The summed E-state index contributed by atoms with van der Waals surface area (Å²) in [6.45, 7) is 1.56. The molecule has 0 bridgehead atoms. The zero-order chi connectivity index (χ0) is 14.1. The van der Waals surface area contributed by atoms with Crippen molar-refractivity contribution >= 4 is 28.5 Å². The molecule has 4 heteroatoms. The Hall–Kier alpha value is -2.62. The van der Waals surface area contributed by atoms with E-state index in [0.717, 1.165) is 22.7 Å². The number of Topliss-reactive ketones (excluding diaryl/α,β-unsaturated/α-hetero) is 1. The zero-order valence-electron chi connectivity index (χ0n) is 11.4. The Labute approximate surface area is 117 Å². The molecule has 0 aliphatic carbocycles. The van der Waals surface area contributed by atoms with Gasteiger partial charge in [-0.05, 0) is 31.2 Å². The van der Waals surface area contributed by atoms with Gasteiger partial charge in [0.25, 0.3) is 0 Å². The second kappa shape index (κ2) is 4.81. The van der Waals surface area contributed by atoms with Gasteiger partial charge < -0.3 is 9.88 Å². The van der Waals surface area contributed by atoms with Crippen LogP contribution in [-0.2, 0) is 7.05 Å². The lowest BCUT2D eigenvalue weighted by atomic mass is 10.1. The number of fused-ring (bicyclic) bond motifs is 1. The van der Waals surface area contributed by atoms with Gasteiger partial charge in [-0.15, -0.1) is 0 Å². The van der Waals surface area contributed by atoms with Gasteiger partial charge in [-0.2, -0.15) is 0 Å². The molecule has 0 aliphatic rings. The molecule has 4 nitrogen and oxygen atoms in total. The fourth-order valence-electron chi connectivity index (χ4n) is 2.20. The van der Waals surface area contributed by atoms with Gasteiger partial charge in [0.15, 0.2) is 5.78 Å². The van der Waals surface area contributed by atoms with Crippen LogP contribution in [0.5, 0.6) is 0 Å². The van der Waals surface area contributed by atoms with Gasteiger partial charge in [0.05, 0.1) is 11.0 Å². The number of hydrogen-bond acceptors (Lipinski definition) is 3. The van der Waals surface area contributed by atoms with Crippen LogP contribution in [-0.4, -0.2) is 15.3 Å². The van der Waals surface area contributed by atoms with Crippen molar-refractivity contribution in [1.29, 1.82) is 0 Å². The van der Waals surface area contributed by atoms with Crippen LogP contribution in [0, 0.1) is 0 Å². The summed E-state index contributed by atoms with van der Waals surface area (Å²) in [5, 5.41) is 3.26. The number of aryl methyl sites for hydroxylation is 1. The first kappa shape index (κ1) is 12.4. The number of imidazole rings is 1. The molecule has 1 N–H and O–H groups in total. The van der Waals surface area contributed by atoms with Gasteiger partial charge in [-0.25, -0.2) is 4.98 Å². The predicted molar refractivity (Wildman–Crippen MR) is 80.4 cm³/mol. The Bertz CT molecular complexity index is 789. The lowest BCUT2D eigenvalue weighted by Crippen LogP contribution is -2.00. The van der Waals surface area contributed by atoms with Gasteiger partial charge in [-0.3, -0.25) is 4.79 Å². The number of rotatable bonds is 3. The van der Waals surface area contributed by atoms with Crippen molar-refractivity contribution in [3.63, 3.8) is 0 Å². The first-order chi connectivity index (χ1) is 9.65. The molecular weight excluding hydrogens is 250 g/mol. The van der Waals surface area contributed by atoms with E-state index in [1.165, 1.54) is 0 Å². The molecule has 2 aromatic carbocycles. The van der Waals surface area contributed by atoms with Crippen LogP contribution < -0.4 is 5.32 Å². The van der Waals surface area contributed by atoms with E-state index in [2.05, 4.69) is 10.3 Å². The van der Waals surface area contributed by atoms with Crippen molar-refractivity contribution in [3.05, 3.63) is 54.1 Å². The number of carbonyl (C=O) groups excluding carboxylic acids is 1. The monoisotopic (exact) mass is 265 g/mol. The smallest absolute Gasteiger partial charge is 0.208 e. The Morgan fingerprint density at radius 1 is 1.15 bits per heavy atom. The minimum Gasteiger partial charge on any atom is -0.326 e. The van der Waals surface area contributed by atoms with E-state index in [4.69, 9.17) is 0 Å². The highest BCUT2D eigenvalue weighted by Gasteiger charge is 2.07. The third-order valence-corrected chi connectivity index (χ3v) is 3.31. The average molecular weight is 265 g/mol. The standard InChI is InChI=1S/C16H15N3O/c1-11(20)12-6-5-7-13(10-12)17-16-18-14-8-3-4-9-15(14)19(16)2/h3-10H,1-2H3,(H,17,18). The minimum absolute atomic E-state index is 0.0543.